The van der Waals surface area contributed by atoms with E-state index < -0.39 is 0 Å². The molecule has 2 N–H and O–H groups in total. The van der Waals surface area contributed by atoms with E-state index in [1.807, 2.05) is 4.90 Å². The van der Waals surface area contributed by atoms with Gasteiger partial charge in [0.05, 0.1) is 5.54 Å². The molecule has 5 heteroatoms. The Morgan fingerprint density at radius 3 is 2.68 bits per heavy atom. The predicted octanol–water partition coefficient (Wildman–Crippen LogP) is 2.94. The van der Waals surface area contributed by atoms with Crippen LogP contribution in [-0.4, -0.2) is 35.6 Å². The molecule has 1 aromatic rings. The summed E-state index contributed by atoms with van der Waals surface area (Å²) < 4.78 is 0. The van der Waals surface area contributed by atoms with Gasteiger partial charge in [0.15, 0.2) is 0 Å². The molecule has 2 rings (SSSR count). The summed E-state index contributed by atoms with van der Waals surface area (Å²) in [6.45, 7) is 7.70. The molecule has 4 nitrogen and oxygen atoms in total. The van der Waals surface area contributed by atoms with Crippen molar-refractivity contribution >= 4 is 23.3 Å². The third-order valence-electron chi connectivity index (χ3n) is 3.41. The minimum absolute atomic E-state index is 0.0688. The van der Waals surface area contributed by atoms with Crippen molar-refractivity contribution in [1.82, 2.24) is 10.2 Å². The van der Waals surface area contributed by atoms with Gasteiger partial charge in [-0.05, 0) is 45.0 Å². The smallest absolute Gasteiger partial charge is 0.317 e. The van der Waals surface area contributed by atoms with Gasteiger partial charge in [-0.3, -0.25) is 0 Å². The van der Waals surface area contributed by atoms with Crippen LogP contribution >= 0.6 is 11.6 Å². The van der Waals surface area contributed by atoms with Gasteiger partial charge in [-0.1, -0.05) is 11.6 Å². The Balaban J connectivity index is 2.07. The number of nitrogens with one attached hydrogen (secondary N) is 2. The highest BCUT2D eigenvalue weighted by molar-refractivity contribution is 6.30. The van der Waals surface area contributed by atoms with Crippen LogP contribution in [0.1, 0.15) is 20.8 Å². The van der Waals surface area contributed by atoms with E-state index in [4.69, 9.17) is 11.6 Å². The lowest BCUT2D eigenvalue weighted by molar-refractivity contribution is 0.105. The van der Waals surface area contributed by atoms with Crippen molar-refractivity contribution in [1.29, 1.82) is 0 Å². The molecule has 2 amide bonds. The van der Waals surface area contributed by atoms with Crippen LogP contribution in [0, 0.1) is 0 Å². The van der Waals surface area contributed by atoms with E-state index in [-0.39, 0.29) is 11.6 Å². The summed E-state index contributed by atoms with van der Waals surface area (Å²) in [5, 5.41) is 6.97. The van der Waals surface area contributed by atoms with Gasteiger partial charge in [0.25, 0.3) is 0 Å². The van der Waals surface area contributed by atoms with Gasteiger partial charge in [-0.15, -0.1) is 0 Å². The van der Waals surface area contributed by atoms with Crippen LogP contribution in [0.4, 0.5) is 10.5 Å². The molecule has 0 aromatic heterocycles. The number of urea groups is 1. The first-order chi connectivity index (χ1) is 8.88. The Hall–Kier alpha value is -1.26. The van der Waals surface area contributed by atoms with Crippen molar-refractivity contribution in [3.8, 4) is 0 Å². The number of benzene rings is 1. The Morgan fingerprint density at radius 1 is 1.42 bits per heavy atom. The maximum Gasteiger partial charge on any atom is 0.322 e. The highest BCUT2D eigenvalue weighted by Gasteiger charge is 2.35. The fourth-order valence-electron chi connectivity index (χ4n) is 2.19. The second kappa shape index (κ2) is 5.39. The number of halogens is 1. The molecule has 0 bridgehead atoms. The number of anilines is 1. The van der Waals surface area contributed by atoms with Gasteiger partial charge in [0.2, 0.25) is 0 Å². The van der Waals surface area contributed by atoms with Crippen LogP contribution in [0.2, 0.25) is 5.02 Å². The standard InChI is InChI=1S/C14H20ClN3O/c1-10-8-18(14(2,3)9-16-10)13(19)17-12-6-4-11(15)5-7-12/h4-7,10,16H,8-9H2,1-3H3,(H,17,19). The van der Waals surface area contributed by atoms with Gasteiger partial charge in [-0.25, -0.2) is 4.79 Å². The number of carbonyl (C=O) groups excluding carboxylic acids is 1. The van der Waals surface area contributed by atoms with E-state index in [1.165, 1.54) is 0 Å². The number of rotatable bonds is 1. The summed E-state index contributed by atoms with van der Waals surface area (Å²) in [7, 11) is 0. The van der Waals surface area contributed by atoms with Crippen LogP contribution in [0.15, 0.2) is 24.3 Å². The quantitative estimate of drug-likeness (QED) is 0.831. The lowest BCUT2D eigenvalue weighted by Gasteiger charge is -2.45. The van der Waals surface area contributed by atoms with Gasteiger partial charge in [0.1, 0.15) is 0 Å². The van der Waals surface area contributed by atoms with Crippen molar-refractivity contribution < 1.29 is 4.79 Å². The summed E-state index contributed by atoms with van der Waals surface area (Å²) in [6.07, 6.45) is 0. The first-order valence-electron chi connectivity index (χ1n) is 6.46. The number of piperazine rings is 1. The van der Waals surface area contributed by atoms with E-state index in [0.717, 1.165) is 12.2 Å². The maximum atomic E-state index is 12.4. The first kappa shape index (κ1) is 14.2. The van der Waals surface area contributed by atoms with Crippen molar-refractivity contribution in [3.05, 3.63) is 29.3 Å². The average Bonchev–Trinajstić information content (AvgIpc) is 2.35. The molecule has 104 valence electrons. The van der Waals surface area contributed by atoms with E-state index in [9.17, 15) is 4.79 Å². The molecule has 0 spiro atoms. The van der Waals surface area contributed by atoms with E-state index in [1.54, 1.807) is 24.3 Å². The molecule has 1 unspecified atom stereocenters. The monoisotopic (exact) mass is 281 g/mol. The second-order valence-electron chi connectivity index (χ2n) is 5.64. The predicted molar refractivity (Wildman–Crippen MR) is 78.7 cm³/mol. The molecule has 1 aliphatic heterocycles. The zero-order chi connectivity index (χ0) is 14.0. The van der Waals surface area contributed by atoms with Crippen molar-refractivity contribution in [3.63, 3.8) is 0 Å². The van der Waals surface area contributed by atoms with Crippen molar-refractivity contribution in [2.24, 2.45) is 0 Å². The Morgan fingerprint density at radius 2 is 2.05 bits per heavy atom. The maximum absolute atomic E-state index is 12.4. The largest absolute Gasteiger partial charge is 0.322 e. The average molecular weight is 282 g/mol. The SMILES string of the molecule is CC1CN(C(=O)Nc2ccc(Cl)cc2)C(C)(C)CN1. The zero-order valence-electron chi connectivity index (χ0n) is 11.5. The third-order valence-corrected chi connectivity index (χ3v) is 3.66. The normalized spacial score (nSPS) is 22.1. The molecule has 1 aromatic carbocycles. The molecule has 1 heterocycles. The molecule has 0 saturated carbocycles. The first-order valence-corrected chi connectivity index (χ1v) is 6.84. The highest BCUT2D eigenvalue weighted by Crippen LogP contribution is 2.21. The lowest BCUT2D eigenvalue weighted by atomic mass is 9.98. The summed E-state index contributed by atoms with van der Waals surface area (Å²) in [5.41, 5.74) is 0.569. The Labute approximate surface area is 119 Å². The highest BCUT2D eigenvalue weighted by atomic mass is 35.5. The molecule has 1 saturated heterocycles. The number of hydrogen-bond acceptors (Lipinski definition) is 2. The fourth-order valence-corrected chi connectivity index (χ4v) is 2.31. The summed E-state index contributed by atoms with van der Waals surface area (Å²) in [6, 6.07) is 7.38. The minimum Gasteiger partial charge on any atom is -0.317 e. The van der Waals surface area contributed by atoms with Crippen molar-refractivity contribution in [2.45, 2.75) is 32.4 Å². The number of nitrogens with zero attached hydrogens (tertiary/aromatic N) is 1. The zero-order valence-corrected chi connectivity index (χ0v) is 12.3. The Kier molecular flexibility index (Phi) is 4.02. The van der Waals surface area contributed by atoms with E-state index in [0.29, 0.717) is 17.6 Å². The lowest BCUT2D eigenvalue weighted by Crippen LogP contribution is -2.63. The van der Waals surface area contributed by atoms with Gasteiger partial charge in [0, 0.05) is 29.8 Å². The molecule has 1 fully saturated rings. The molecule has 0 aliphatic carbocycles. The van der Waals surface area contributed by atoms with E-state index >= 15 is 0 Å². The van der Waals surface area contributed by atoms with Gasteiger partial charge < -0.3 is 15.5 Å². The summed E-state index contributed by atoms with van der Waals surface area (Å²) >= 11 is 5.83. The minimum atomic E-state index is -0.191. The van der Waals surface area contributed by atoms with E-state index in [2.05, 4.69) is 31.4 Å². The molecular weight excluding hydrogens is 262 g/mol. The van der Waals surface area contributed by atoms with Crippen LogP contribution in [0.25, 0.3) is 0 Å². The van der Waals surface area contributed by atoms with Gasteiger partial charge >= 0.3 is 6.03 Å². The van der Waals surface area contributed by atoms with Crippen LogP contribution in [0.5, 0.6) is 0 Å². The number of amides is 2. The number of carbonyl (C=O) groups is 1. The molecule has 0 radical (unpaired) electrons. The van der Waals surface area contributed by atoms with Crippen molar-refractivity contribution in [2.75, 3.05) is 18.4 Å². The topological polar surface area (TPSA) is 44.4 Å². The second-order valence-corrected chi connectivity index (χ2v) is 6.08. The fraction of sp³-hybridized carbons (Fsp3) is 0.500. The molecule has 1 aliphatic rings. The summed E-state index contributed by atoms with van der Waals surface area (Å²) in [4.78, 5) is 14.2. The molecular formula is C14H20ClN3O. The van der Waals surface area contributed by atoms with Crippen LogP contribution in [-0.2, 0) is 0 Å². The summed E-state index contributed by atoms with van der Waals surface area (Å²) in [5.74, 6) is 0. The molecule has 19 heavy (non-hydrogen) atoms. The molecule has 1 atom stereocenters. The van der Waals surface area contributed by atoms with Crippen LogP contribution in [0.3, 0.4) is 0 Å². The van der Waals surface area contributed by atoms with Gasteiger partial charge in [-0.2, -0.15) is 0 Å². The van der Waals surface area contributed by atoms with Crippen LogP contribution < -0.4 is 10.6 Å². The third kappa shape index (κ3) is 3.39. The Bertz CT molecular complexity index is 458. The number of hydrogen-bond donors (Lipinski definition) is 2.